The van der Waals surface area contributed by atoms with Gasteiger partial charge in [0.25, 0.3) is 11.8 Å². The number of rotatable bonds is 5. The molecule has 3 aromatic carbocycles. The lowest BCUT2D eigenvalue weighted by atomic mass is 10.1. The number of nitrogens with one attached hydrogen (secondary N) is 2. The molecule has 0 aliphatic heterocycles. The van der Waals surface area contributed by atoms with Crippen LogP contribution in [0, 0.1) is 13.8 Å². The molecule has 1 aromatic heterocycles. The molecule has 31 heavy (non-hydrogen) atoms. The second-order valence-electron chi connectivity index (χ2n) is 7.22. The molecule has 2 amide bonds. The minimum Gasteiger partial charge on any atom is -0.497 e. The minimum absolute atomic E-state index is 0.244. The van der Waals surface area contributed by atoms with Gasteiger partial charge >= 0.3 is 0 Å². The molecule has 0 spiro atoms. The lowest BCUT2D eigenvalue weighted by Crippen LogP contribution is -2.14. The van der Waals surface area contributed by atoms with Gasteiger partial charge < -0.3 is 19.8 Å². The normalized spacial score (nSPS) is 10.7. The van der Waals surface area contributed by atoms with Crippen molar-refractivity contribution in [1.82, 2.24) is 0 Å². The molecule has 0 bridgehead atoms. The molecule has 4 rings (SSSR count). The first kappa shape index (κ1) is 20.2. The van der Waals surface area contributed by atoms with Crippen molar-refractivity contribution in [2.75, 3.05) is 17.7 Å². The molecule has 0 saturated carbocycles. The van der Waals surface area contributed by atoms with Crippen LogP contribution >= 0.6 is 0 Å². The van der Waals surface area contributed by atoms with E-state index in [1.54, 1.807) is 55.6 Å². The lowest BCUT2D eigenvalue weighted by molar-refractivity contribution is 0.0996. The smallest absolute Gasteiger partial charge is 0.291 e. The summed E-state index contributed by atoms with van der Waals surface area (Å²) in [6.07, 6.45) is 0. The molecule has 0 aliphatic rings. The first-order valence-corrected chi connectivity index (χ1v) is 9.82. The van der Waals surface area contributed by atoms with Crippen molar-refractivity contribution in [2.24, 2.45) is 0 Å². The second kappa shape index (κ2) is 8.36. The summed E-state index contributed by atoms with van der Waals surface area (Å²) in [4.78, 5) is 25.2. The van der Waals surface area contributed by atoms with Crippen molar-refractivity contribution < 1.29 is 18.7 Å². The van der Waals surface area contributed by atoms with Gasteiger partial charge in [0.15, 0.2) is 5.76 Å². The Morgan fingerprint density at radius 3 is 2.03 bits per heavy atom. The van der Waals surface area contributed by atoms with Crippen molar-refractivity contribution in [2.45, 2.75) is 13.8 Å². The van der Waals surface area contributed by atoms with Crippen molar-refractivity contribution in [3.05, 3.63) is 89.2 Å². The van der Waals surface area contributed by atoms with E-state index in [1.807, 2.05) is 32.0 Å². The van der Waals surface area contributed by atoms with Crippen molar-refractivity contribution in [1.29, 1.82) is 0 Å². The van der Waals surface area contributed by atoms with E-state index in [0.717, 1.165) is 22.1 Å². The van der Waals surface area contributed by atoms with E-state index in [1.165, 1.54) is 0 Å². The third-order valence-corrected chi connectivity index (χ3v) is 5.12. The van der Waals surface area contributed by atoms with Gasteiger partial charge in [0.2, 0.25) is 0 Å². The number of anilines is 2. The molecular weight excluding hydrogens is 392 g/mol. The molecule has 156 valence electrons. The minimum atomic E-state index is -0.330. The van der Waals surface area contributed by atoms with Gasteiger partial charge in [0.1, 0.15) is 11.3 Å². The Kier molecular flexibility index (Phi) is 5.45. The summed E-state index contributed by atoms with van der Waals surface area (Å²) in [5.74, 6) is 0.425. The Balaban J connectivity index is 1.45. The number of methoxy groups -OCH3 is 1. The lowest BCUT2D eigenvalue weighted by Gasteiger charge is -2.08. The molecule has 0 aliphatic carbocycles. The van der Waals surface area contributed by atoms with Crippen LogP contribution < -0.4 is 15.4 Å². The number of para-hydroxylation sites is 1. The zero-order valence-corrected chi connectivity index (χ0v) is 17.5. The Morgan fingerprint density at radius 2 is 1.42 bits per heavy atom. The first-order valence-electron chi connectivity index (χ1n) is 9.82. The molecule has 6 nitrogen and oxygen atoms in total. The maximum Gasteiger partial charge on any atom is 0.291 e. The van der Waals surface area contributed by atoms with Gasteiger partial charge in [-0.1, -0.05) is 18.2 Å². The van der Waals surface area contributed by atoms with Crippen molar-refractivity contribution in [3.63, 3.8) is 0 Å². The van der Waals surface area contributed by atoms with Gasteiger partial charge in [-0.05, 0) is 67.9 Å². The highest BCUT2D eigenvalue weighted by Gasteiger charge is 2.18. The van der Waals surface area contributed by atoms with Gasteiger partial charge in [-0.2, -0.15) is 0 Å². The molecule has 2 N–H and O–H groups in total. The number of fused-ring (bicyclic) bond motifs is 1. The quantitative estimate of drug-likeness (QED) is 0.448. The number of ether oxygens (including phenoxy) is 1. The monoisotopic (exact) mass is 414 g/mol. The average Bonchev–Trinajstić information content (AvgIpc) is 3.13. The number of carbonyl (C=O) groups excluding carboxylic acids is 2. The number of aryl methyl sites for hydroxylation is 2. The van der Waals surface area contributed by atoms with Crippen molar-refractivity contribution in [3.8, 4) is 5.75 Å². The SMILES string of the molecule is COc1ccc(NC(=O)c2ccc(NC(=O)c3oc4c(C)cccc4c3C)cc2)cc1. The average molecular weight is 414 g/mol. The number of hydrogen-bond acceptors (Lipinski definition) is 4. The maximum absolute atomic E-state index is 12.7. The number of hydrogen-bond donors (Lipinski definition) is 2. The van der Waals surface area contributed by atoms with Crippen LogP contribution in [0.3, 0.4) is 0 Å². The Labute approximate surface area is 179 Å². The molecular formula is C25H22N2O4. The first-order chi connectivity index (χ1) is 15.0. The third kappa shape index (κ3) is 4.14. The summed E-state index contributed by atoms with van der Waals surface area (Å²) in [6, 6.07) is 19.6. The van der Waals surface area contributed by atoms with Gasteiger partial charge in [0.05, 0.1) is 7.11 Å². The molecule has 0 unspecified atom stereocenters. The highest BCUT2D eigenvalue weighted by molar-refractivity contribution is 6.07. The highest BCUT2D eigenvalue weighted by Crippen LogP contribution is 2.28. The van der Waals surface area contributed by atoms with Crippen LogP contribution in [-0.4, -0.2) is 18.9 Å². The van der Waals surface area contributed by atoms with Crippen LogP contribution in [0.4, 0.5) is 11.4 Å². The summed E-state index contributed by atoms with van der Waals surface area (Å²) >= 11 is 0. The van der Waals surface area contributed by atoms with Crippen molar-refractivity contribution >= 4 is 34.2 Å². The van der Waals surface area contributed by atoms with E-state index in [-0.39, 0.29) is 17.6 Å². The summed E-state index contributed by atoms with van der Waals surface area (Å²) in [6.45, 7) is 3.81. The Bertz CT molecular complexity index is 1260. The fourth-order valence-electron chi connectivity index (χ4n) is 3.37. The molecule has 0 atom stereocenters. The van der Waals surface area contributed by atoms with Crippen LogP contribution in [0.25, 0.3) is 11.0 Å². The molecule has 0 radical (unpaired) electrons. The van der Waals surface area contributed by atoms with Gasteiger partial charge in [-0.3, -0.25) is 9.59 Å². The number of carbonyl (C=O) groups is 2. The van der Waals surface area contributed by atoms with Gasteiger partial charge in [-0.15, -0.1) is 0 Å². The molecule has 0 saturated heterocycles. The summed E-state index contributed by atoms with van der Waals surface area (Å²) in [7, 11) is 1.59. The Morgan fingerprint density at radius 1 is 0.806 bits per heavy atom. The largest absolute Gasteiger partial charge is 0.497 e. The van der Waals surface area contributed by atoms with Crippen LogP contribution in [0.5, 0.6) is 5.75 Å². The van der Waals surface area contributed by atoms with Crippen LogP contribution in [0.2, 0.25) is 0 Å². The second-order valence-corrected chi connectivity index (χ2v) is 7.22. The van der Waals surface area contributed by atoms with E-state index in [4.69, 9.17) is 9.15 Å². The highest BCUT2D eigenvalue weighted by atomic mass is 16.5. The molecule has 1 heterocycles. The molecule has 0 fully saturated rings. The Hall–Kier alpha value is -4.06. The predicted molar refractivity (Wildman–Crippen MR) is 121 cm³/mol. The fourth-order valence-corrected chi connectivity index (χ4v) is 3.37. The van der Waals surface area contributed by atoms with E-state index in [2.05, 4.69) is 10.6 Å². The van der Waals surface area contributed by atoms with Crippen LogP contribution in [-0.2, 0) is 0 Å². The predicted octanol–water partition coefficient (Wildman–Crippen LogP) is 5.56. The summed E-state index contributed by atoms with van der Waals surface area (Å²) < 4.78 is 10.9. The molecule has 4 aromatic rings. The standard InChI is InChI=1S/C25H22N2O4/c1-15-5-4-6-21-16(2)23(31-22(15)21)25(29)27-18-9-7-17(8-10-18)24(28)26-19-11-13-20(30-3)14-12-19/h4-14H,1-3H3,(H,26,28)(H,27,29). The number of amides is 2. The van der Waals surface area contributed by atoms with E-state index >= 15 is 0 Å². The van der Waals surface area contributed by atoms with E-state index < -0.39 is 0 Å². The number of furan rings is 1. The molecule has 6 heteroatoms. The van der Waals surface area contributed by atoms with Crippen LogP contribution in [0.1, 0.15) is 32.0 Å². The summed E-state index contributed by atoms with van der Waals surface area (Å²) in [5.41, 5.74) is 4.21. The van der Waals surface area contributed by atoms with Gasteiger partial charge in [-0.25, -0.2) is 0 Å². The van der Waals surface area contributed by atoms with E-state index in [9.17, 15) is 9.59 Å². The fraction of sp³-hybridized carbons (Fsp3) is 0.120. The zero-order valence-electron chi connectivity index (χ0n) is 17.5. The summed E-state index contributed by atoms with van der Waals surface area (Å²) in [5, 5.41) is 6.58. The van der Waals surface area contributed by atoms with Crippen LogP contribution in [0.15, 0.2) is 71.1 Å². The maximum atomic E-state index is 12.7. The third-order valence-electron chi connectivity index (χ3n) is 5.12. The van der Waals surface area contributed by atoms with E-state index in [0.29, 0.717) is 22.7 Å². The van der Waals surface area contributed by atoms with Gasteiger partial charge in [0, 0.05) is 27.9 Å². The topological polar surface area (TPSA) is 80.6 Å². The zero-order chi connectivity index (χ0) is 22.0. The number of benzene rings is 3.